The predicted octanol–water partition coefficient (Wildman–Crippen LogP) is 1.26. The van der Waals surface area contributed by atoms with Crippen molar-refractivity contribution in [2.24, 2.45) is 0 Å². The highest BCUT2D eigenvalue weighted by Gasteiger charge is 2.62. The number of nitrogens with zero attached hydrogens (tertiary/aromatic N) is 3. The van der Waals surface area contributed by atoms with Crippen molar-refractivity contribution in [1.82, 2.24) is 19.4 Å². The summed E-state index contributed by atoms with van der Waals surface area (Å²) in [5.74, 6) is -0.184. The molecule has 3 fully saturated rings. The number of piperazine rings is 1. The Balaban J connectivity index is 1.64. The first-order chi connectivity index (χ1) is 14.2. The highest BCUT2D eigenvalue weighted by Crippen LogP contribution is 2.44. The van der Waals surface area contributed by atoms with Crippen LogP contribution in [0.25, 0.3) is 6.08 Å². The molecule has 1 amide bonds. The van der Waals surface area contributed by atoms with E-state index in [1.807, 2.05) is 11.9 Å². The number of thiophene rings is 1. The Morgan fingerprint density at radius 3 is 2.67 bits per heavy atom. The second-order valence-electron chi connectivity index (χ2n) is 8.19. The van der Waals surface area contributed by atoms with Crippen LogP contribution in [-0.4, -0.2) is 93.1 Å². The largest absolute Gasteiger partial charge is 0.381 e. The molecule has 1 N–H and O–H groups in total. The van der Waals surface area contributed by atoms with E-state index in [0.717, 1.165) is 36.2 Å². The lowest BCUT2D eigenvalue weighted by atomic mass is 9.87. The van der Waals surface area contributed by atoms with Crippen LogP contribution in [0, 0.1) is 0 Å². The Hall–Kier alpha value is -1.01. The lowest BCUT2D eigenvalue weighted by Crippen LogP contribution is -2.70. The normalized spacial score (nSPS) is 28.0. The van der Waals surface area contributed by atoms with E-state index in [-0.39, 0.29) is 31.1 Å². The number of carbonyl (C=O) groups is 1. The van der Waals surface area contributed by atoms with Gasteiger partial charge in [-0.1, -0.05) is 11.6 Å². The first kappa shape index (κ1) is 22.2. The van der Waals surface area contributed by atoms with Crippen LogP contribution in [0.5, 0.6) is 0 Å². The Morgan fingerprint density at radius 1 is 1.30 bits per heavy atom. The van der Waals surface area contributed by atoms with Crippen LogP contribution in [0.4, 0.5) is 0 Å². The summed E-state index contributed by atoms with van der Waals surface area (Å²) in [4.78, 5) is 17.9. The van der Waals surface area contributed by atoms with E-state index in [2.05, 4.69) is 10.2 Å². The standard InChI is InChI=1S/C19H27ClN4O4S2/c1-22-18(6-8-21-9-7-18)12-24-17(25)11-23(13-19(22,24)14-28-2)30(26,27)10-5-15-3-4-16(20)29-15/h3-5,10,21H,6-9,11-14H2,1-2H3/b10-5+. The molecule has 4 rings (SSSR count). The van der Waals surface area contributed by atoms with E-state index in [9.17, 15) is 13.2 Å². The highest BCUT2D eigenvalue weighted by molar-refractivity contribution is 7.92. The van der Waals surface area contributed by atoms with Crippen LogP contribution in [0.2, 0.25) is 4.34 Å². The third-order valence-electron chi connectivity index (χ3n) is 6.60. The number of sulfonamides is 1. The summed E-state index contributed by atoms with van der Waals surface area (Å²) < 4.78 is 33.6. The molecule has 1 aromatic heterocycles. The molecule has 0 aromatic carbocycles. The number of likely N-dealkylation sites (N-methyl/N-ethyl adjacent to an activating group) is 1. The maximum atomic E-state index is 13.1. The second-order valence-corrected chi connectivity index (χ2v) is 11.8. The number of amides is 1. The van der Waals surface area contributed by atoms with Crippen molar-refractivity contribution in [1.29, 1.82) is 0 Å². The zero-order valence-electron chi connectivity index (χ0n) is 17.1. The van der Waals surface area contributed by atoms with Gasteiger partial charge in [-0.15, -0.1) is 11.3 Å². The topological polar surface area (TPSA) is 82.2 Å². The smallest absolute Gasteiger partial charge is 0.239 e. The minimum atomic E-state index is -3.79. The number of piperidine rings is 1. The zero-order chi connectivity index (χ0) is 21.6. The van der Waals surface area contributed by atoms with Crippen LogP contribution in [0.15, 0.2) is 17.5 Å². The number of methoxy groups -OCH3 is 1. The fourth-order valence-electron chi connectivity index (χ4n) is 4.93. The second kappa shape index (κ2) is 8.16. The van der Waals surface area contributed by atoms with Gasteiger partial charge < -0.3 is 15.0 Å². The molecule has 3 aliphatic rings. The summed E-state index contributed by atoms with van der Waals surface area (Å²) in [5, 5.41) is 4.54. The molecule has 11 heteroatoms. The van der Waals surface area contributed by atoms with Crippen molar-refractivity contribution in [3.05, 3.63) is 26.8 Å². The molecule has 1 aromatic rings. The number of fused-ring (bicyclic) bond motifs is 1. The lowest BCUT2D eigenvalue weighted by molar-refractivity contribution is -0.152. The van der Waals surface area contributed by atoms with Gasteiger partial charge in [0.15, 0.2) is 0 Å². The molecule has 0 aliphatic carbocycles. The van der Waals surface area contributed by atoms with Crippen LogP contribution < -0.4 is 5.32 Å². The highest BCUT2D eigenvalue weighted by atomic mass is 35.5. The summed E-state index contributed by atoms with van der Waals surface area (Å²) >= 11 is 7.23. The van der Waals surface area contributed by atoms with Gasteiger partial charge in [0, 0.05) is 29.5 Å². The number of hydrogen-bond acceptors (Lipinski definition) is 7. The molecule has 166 valence electrons. The third kappa shape index (κ3) is 3.72. The average Bonchev–Trinajstić information content (AvgIpc) is 3.23. The first-order valence-corrected chi connectivity index (χ1v) is 12.6. The Morgan fingerprint density at radius 2 is 2.03 bits per heavy atom. The van der Waals surface area contributed by atoms with E-state index in [1.54, 1.807) is 19.2 Å². The van der Waals surface area contributed by atoms with Gasteiger partial charge in [-0.2, -0.15) is 4.31 Å². The van der Waals surface area contributed by atoms with Crippen molar-refractivity contribution in [2.45, 2.75) is 24.0 Å². The molecule has 1 atom stereocenters. The van der Waals surface area contributed by atoms with Gasteiger partial charge in [-0.05, 0) is 51.2 Å². The van der Waals surface area contributed by atoms with Crippen LogP contribution in [-0.2, 0) is 19.6 Å². The van der Waals surface area contributed by atoms with Gasteiger partial charge in [-0.25, -0.2) is 8.42 Å². The van der Waals surface area contributed by atoms with Crippen LogP contribution >= 0.6 is 22.9 Å². The summed E-state index contributed by atoms with van der Waals surface area (Å²) in [7, 11) is -0.205. The summed E-state index contributed by atoms with van der Waals surface area (Å²) in [6.07, 6.45) is 3.34. The molecule has 1 spiro atoms. The zero-order valence-corrected chi connectivity index (χ0v) is 19.5. The molecular formula is C19H27ClN4O4S2. The molecule has 0 bridgehead atoms. The Labute approximate surface area is 186 Å². The number of ether oxygens (including phenoxy) is 1. The average molecular weight is 475 g/mol. The number of rotatable bonds is 5. The van der Waals surface area contributed by atoms with Crippen molar-refractivity contribution in [3.63, 3.8) is 0 Å². The maximum Gasteiger partial charge on any atom is 0.239 e. The number of hydrogen-bond donors (Lipinski definition) is 1. The van der Waals surface area contributed by atoms with E-state index < -0.39 is 15.7 Å². The Kier molecular flexibility index (Phi) is 6.04. The quantitative estimate of drug-likeness (QED) is 0.691. The van der Waals surface area contributed by atoms with E-state index in [1.165, 1.54) is 21.7 Å². The molecule has 4 heterocycles. The molecule has 3 saturated heterocycles. The molecule has 0 radical (unpaired) electrons. The van der Waals surface area contributed by atoms with Crippen molar-refractivity contribution in [2.75, 3.05) is 53.5 Å². The molecule has 0 saturated carbocycles. The van der Waals surface area contributed by atoms with Crippen molar-refractivity contribution in [3.8, 4) is 0 Å². The third-order valence-corrected chi connectivity index (χ3v) is 9.26. The maximum absolute atomic E-state index is 13.1. The van der Waals surface area contributed by atoms with Gasteiger partial charge >= 0.3 is 0 Å². The molecular weight excluding hydrogens is 448 g/mol. The Bertz CT molecular complexity index is 944. The lowest BCUT2D eigenvalue weighted by Gasteiger charge is -2.50. The fraction of sp³-hybridized carbons (Fsp3) is 0.632. The minimum absolute atomic E-state index is 0.161. The molecule has 8 nitrogen and oxygen atoms in total. The number of nitrogens with one attached hydrogen (secondary N) is 1. The SMILES string of the molecule is COCC12CN(S(=O)(=O)/C=C/c3ccc(Cl)s3)CC(=O)N1CC1(CCNCC1)N2C. The number of halogens is 1. The van der Waals surface area contributed by atoms with Crippen LogP contribution in [0.1, 0.15) is 17.7 Å². The van der Waals surface area contributed by atoms with E-state index >= 15 is 0 Å². The van der Waals surface area contributed by atoms with Gasteiger partial charge in [0.25, 0.3) is 0 Å². The number of carbonyl (C=O) groups excluding carboxylic acids is 1. The van der Waals surface area contributed by atoms with Crippen molar-refractivity contribution < 1.29 is 17.9 Å². The summed E-state index contributed by atoms with van der Waals surface area (Å²) in [6, 6.07) is 3.49. The molecule has 3 aliphatic heterocycles. The minimum Gasteiger partial charge on any atom is -0.381 e. The van der Waals surface area contributed by atoms with Gasteiger partial charge in [0.1, 0.15) is 5.66 Å². The van der Waals surface area contributed by atoms with Gasteiger partial charge in [0.2, 0.25) is 15.9 Å². The van der Waals surface area contributed by atoms with Gasteiger partial charge in [0.05, 0.1) is 24.0 Å². The van der Waals surface area contributed by atoms with E-state index in [4.69, 9.17) is 16.3 Å². The summed E-state index contributed by atoms with van der Waals surface area (Å²) in [6.45, 7) is 2.63. The first-order valence-electron chi connectivity index (χ1n) is 9.90. The van der Waals surface area contributed by atoms with Crippen LogP contribution in [0.3, 0.4) is 0 Å². The van der Waals surface area contributed by atoms with Crippen molar-refractivity contribution >= 4 is 44.9 Å². The van der Waals surface area contributed by atoms with Gasteiger partial charge in [-0.3, -0.25) is 9.69 Å². The monoisotopic (exact) mass is 474 g/mol. The van der Waals surface area contributed by atoms with E-state index in [0.29, 0.717) is 10.9 Å². The predicted molar refractivity (Wildman–Crippen MR) is 118 cm³/mol. The summed E-state index contributed by atoms with van der Waals surface area (Å²) in [5.41, 5.74) is -0.975. The fourth-order valence-corrected chi connectivity index (χ4v) is 7.15. The molecule has 30 heavy (non-hydrogen) atoms. The molecule has 1 unspecified atom stereocenters.